The van der Waals surface area contributed by atoms with Gasteiger partial charge in [0.05, 0.1) is 12.6 Å². The zero-order valence-electron chi connectivity index (χ0n) is 15.6. The van der Waals surface area contributed by atoms with E-state index in [9.17, 15) is 5.11 Å². The van der Waals surface area contributed by atoms with Crippen molar-refractivity contribution in [3.05, 3.63) is 59.4 Å². The number of hydrogen-bond acceptors (Lipinski definition) is 4. The number of anilines is 1. The molecule has 0 radical (unpaired) electrons. The molecule has 144 valence electrons. The van der Waals surface area contributed by atoms with Gasteiger partial charge in [-0.2, -0.15) is 0 Å². The molecule has 0 spiro atoms. The molecule has 1 fully saturated rings. The van der Waals surface area contributed by atoms with Crippen LogP contribution in [0.3, 0.4) is 0 Å². The quantitative estimate of drug-likeness (QED) is 0.609. The molecule has 0 saturated carbocycles. The van der Waals surface area contributed by atoms with Crippen LogP contribution in [0.4, 0.5) is 5.69 Å². The van der Waals surface area contributed by atoms with Gasteiger partial charge >= 0.3 is 0 Å². The molecule has 0 aliphatic carbocycles. The first kappa shape index (κ1) is 19.5. The highest BCUT2D eigenvalue weighted by Crippen LogP contribution is 2.21. The molecule has 27 heavy (non-hydrogen) atoms. The first-order chi connectivity index (χ1) is 13.2. The van der Waals surface area contributed by atoms with Crippen LogP contribution in [0.25, 0.3) is 0 Å². The van der Waals surface area contributed by atoms with Gasteiger partial charge < -0.3 is 20.2 Å². The number of hydrogen-bond donors (Lipinski definition) is 2. The Kier molecular flexibility index (Phi) is 6.90. The van der Waals surface area contributed by atoms with E-state index < -0.39 is 6.10 Å². The Morgan fingerprint density at radius 3 is 2.63 bits per heavy atom. The summed E-state index contributed by atoms with van der Waals surface area (Å²) in [6.45, 7) is 6.69. The third kappa shape index (κ3) is 5.34. The molecule has 0 amide bonds. The lowest BCUT2D eigenvalue weighted by molar-refractivity contribution is 0.186. The Labute approximate surface area is 165 Å². The maximum Gasteiger partial charge on any atom is 0.194 e. The van der Waals surface area contributed by atoms with Crippen molar-refractivity contribution in [1.82, 2.24) is 15.2 Å². The first-order valence-electron chi connectivity index (χ1n) is 9.29. The van der Waals surface area contributed by atoms with E-state index in [1.54, 1.807) is 12.4 Å². The molecule has 1 aliphatic heterocycles. The average molecular weight is 388 g/mol. The van der Waals surface area contributed by atoms with Gasteiger partial charge in [0.15, 0.2) is 5.96 Å². The number of pyridine rings is 1. The van der Waals surface area contributed by atoms with E-state index in [1.807, 2.05) is 30.3 Å². The van der Waals surface area contributed by atoms with Gasteiger partial charge in [-0.3, -0.25) is 9.98 Å². The molecule has 1 atom stereocenters. The lowest BCUT2D eigenvalue weighted by atomic mass is 10.1. The summed E-state index contributed by atoms with van der Waals surface area (Å²) in [6, 6.07) is 11.6. The predicted molar refractivity (Wildman–Crippen MR) is 110 cm³/mol. The van der Waals surface area contributed by atoms with Crippen molar-refractivity contribution in [1.29, 1.82) is 0 Å². The number of halogens is 1. The van der Waals surface area contributed by atoms with Gasteiger partial charge in [-0.15, -0.1) is 0 Å². The second-order valence-electron chi connectivity index (χ2n) is 6.44. The molecule has 2 N–H and O–H groups in total. The topological polar surface area (TPSA) is 64.0 Å². The van der Waals surface area contributed by atoms with E-state index in [2.05, 4.69) is 38.1 Å². The summed E-state index contributed by atoms with van der Waals surface area (Å²) < 4.78 is 0. The molecule has 2 aromatic rings. The fourth-order valence-corrected chi connectivity index (χ4v) is 3.32. The number of aliphatic hydroxyl groups excluding tert-OH is 1. The monoisotopic (exact) mass is 387 g/mol. The predicted octanol–water partition coefficient (Wildman–Crippen LogP) is 2.56. The molecule has 7 heteroatoms. The van der Waals surface area contributed by atoms with E-state index in [1.165, 1.54) is 0 Å². The van der Waals surface area contributed by atoms with Gasteiger partial charge in [0.1, 0.15) is 0 Å². The number of aliphatic hydroxyl groups is 1. The lowest BCUT2D eigenvalue weighted by Gasteiger charge is -2.37. The summed E-state index contributed by atoms with van der Waals surface area (Å²) in [5.74, 6) is 0.844. The van der Waals surface area contributed by atoms with E-state index >= 15 is 0 Å². The minimum Gasteiger partial charge on any atom is -0.386 e. The van der Waals surface area contributed by atoms with Crippen molar-refractivity contribution in [2.75, 3.05) is 44.2 Å². The number of nitrogens with zero attached hydrogens (tertiary/aromatic N) is 4. The van der Waals surface area contributed by atoms with Gasteiger partial charge in [0.25, 0.3) is 0 Å². The highest BCUT2D eigenvalue weighted by atomic mass is 35.5. The molecule has 3 rings (SSSR count). The first-order valence-corrected chi connectivity index (χ1v) is 9.67. The Bertz CT molecular complexity index is 747. The van der Waals surface area contributed by atoms with E-state index in [0.717, 1.165) is 55.0 Å². The second kappa shape index (κ2) is 9.58. The highest BCUT2D eigenvalue weighted by Gasteiger charge is 2.20. The van der Waals surface area contributed by atoms with Crippen LogP contribution in [0.15, 0.2) is 53.8 Å². The molecule has 1 unspecified atom stereocenters. The SMILES string of the molecule is CCNC(=NCC(O)c1ccncc1)N1CCN(c2cccc(Cl)c2)CC1. The Morgan fingerprint density at radius 1 is 1.22 bits per heavy atom. The molecule has 1 aromatic heterocycles. The van der Waals surface area contributed by atoms with Crippen molar-refractivity contribution >= 4 is 23.2 Å². The minimum atomic E-state index is -0.630. The molecule has 6 nitrogen and oxygen atoms in total. The summed E-state index contributed by atoms with van der Waals surface area (Å²) >= 11 is 6.11. The highest BCUT2D eigenvalue weighted by molar-refractivity contribution is 6.30. The van der Waals surface area contributed by atoms with Crippen molar-refractivity contribution < 1.29 is 5.11 Å². The Hall–Kier alpha value is -2.31. The van der Waals surface area contributed by atoms with Gasteiger partial charge in [0.2, 0.25) is 0 Å². The molecular weight excluding hydrogens is 362 g/mol. The normalized spacial score (nSPS) is 16.3. The van der Waals surface area contributed by atoms with Crippen LogP contribution in [0, 0.1) is 0 Å². The summed E-state index contributed by atoms with van der Waals surface area (Å²) in [5.41, 5.74) is 1.98. The number of guanidine groups is 1. The smallest absolute Gasteiger partial charge is 0.194 e. The molecule has 1 aromatic carbocycles. The third-order valence-corrected chi connectivity index (χ3v) is 4.83. The largest absolute Gasteiger partial charge is 0.386 e. The van der Waals surface area contributed by atoms with Gasteiger partial charge in [-0.1, -0.05) is 17.7 Å². The second-order valence-corrected chi connectivity index (χ2v) is 6.88. The van der Waals surface area contributed by atoms with Crippen LogP contribution in [-0.4, -0.2) is 60.2 Å². The van der Waals surface area contributed by atoms with Crippen LogP contribution in [0.2, 0.25) is 5.02 Å². The summed E-state index contributed by atoms with van der Waals surface area (Å²) in [6.07, 6.45) is 2.74. The summed E-state index contributed by atoms with van der Waals surface area (Å²) in [4.78, 5) is 13.2. The average Bonchev–Trinajstić information content (AvgIpc) is 2.72. The number of aromatic nitrogens is 1. The molecule has 1 aliphatic rings. The number of piperazine rings is 1. The van der Waals surface area contributed by atoms with E-state index in [4.69, 9.17) is 11.6 Å². The summed E-state index contributed by atoms with van der Waals surface area (Å²) in [7, 11) is 0. The zero-order chi connectivity index (χ0) is 19.1. The van der Waals surface area contributed by atoms with Crippen LogP contribution in [-0.2, 0) is 0 Å². The number of rotatable bonds is 5. The fourth-order valence-electron chi connectivity index (χ4n) is 3.14. The van der Waals surface area contributed by atoms with Crippen molar-refractivity contribution in [2.24, 2.45) is 4.99 Å². The maximum absolute atomic E-state index is 10.4. The van der Waals surface area contributed by atoms with Crippen LogP contribution < -0.4 is 10.2 Å². The van der Waals surface area contributed by atoms with Crippen molar-refractivity contribution in [3.63, 3.8) is 0 Å². The molecular formula is C20H26ClN5O. The number of benzene rings is 1. The molecule has 2 heterocycles. The van der Waals surface area contributed by atoms with Crippen LogP contribution in [0.5, 0.6) is 0 Å². The van der Waals surface area contributed by atoms with E-state index in [-0.39, 0.29) is 0 Å². The summed E-state index contributed by atoms with van der Waals surface area (Å²) in [5, 5.41) is 14.4. The zero-order valence-corrected chi connectivity index (χ0v) is 16.3. The Balaban J connectivity index is 1.60. The molecule has 0 bridgehead atoms. The van der Waals surface area contributed by atoms with Gasteiger partial charge in [0, 0.05) is 55.8 Å². The minimum absolute atomic E-state index is 0.320. The van der Waals surface area contributed by atoms with Crippen molar-refractivity contribution in [2.45, 2.75) is 13.0 Å². The Morgan fingerprint density at radius 2 is 1.96 bits per heavy atom. The van der Waals surface area contributed by atoms with Crippen LogP contribution >= 0.6 is 11.6 Å². The van der Waals surface area contributed by atoms with Gasteiger partial charge in [-0.25, -0.2) is 0 Å². The standard InChI is InChI=1S/C20H26ClN5O/c1-2-23-20(24-15-19(27)16-6-8-22-9-7-16)26-12-10-25(11-13-26)18-5-3-4-17(21)14-18/h3-9,14,19,27H,2,10-13,15H2,1H3,(H,23,24). The fraction of sp³-hybridized carbons (Fsp3) is 0.400. The van der Waals surface area contributed by atoms with Gasteiger partial charge in [-0.05, 0) is 42.8 Å². The third-order valence-electron chi connectivity index (χ3n) is 4.59. The number of nitrogens with one attached hydrogen (secondary N) is 1. The van der Waals surface area contributed by atoms with Crippen molar-refractivity contribution in [3.8, 4) is 0 Å². The lowest BCUT2D eigenvalue weighted by Crippen LogP contribution is -2.52. The van der Waals surface area contributed by atoms with Crippen LogP contribution in [0.1, 0.15) is 18.6 Å². The maximum atomic E-state index is 10.4. The molecule has 1 saturated heterocycles. The van der Waals surface area contributed by atoms with E-state index in [0.29, 0.717) is 6.54 Å². The number of aliphatic imine (C=N–C) groups is 1.